The standard InChI is InChI=1S/C14H19Cl2NO2/c1-2-17-5-6-19-14(9-17)13(18)7-10-3-4-11(15)8-12(10)16/h3-4,8,13-14,18H,2,5-7,9H2,1H3. The Balaban J connectivity index is 1.98. The van der Waals surface area contributed by atoms with Crippen LogP contribution in [0.5, 0.6) is 0 Å². The summed E-state index contributed by atoms with van der Waals surface area (Å²) in [6, 6.07) is 5.34. The Morgan fingerprint density at radius 2 is 2.26 bits per heavy atom. The molecular weight excluding hydrogens is 285 g/mol. The summed E-state index contributed by atoms with van der Waals surface area (Å²) in [6.07, 6.45) is -0.216. The molecule has 0 radical (unpaired) electrons. The normalized spacial score (nSPS) is 22.4. The number of rotatable bonds is 4. The largest absolute Gasteiger partial charge is 0.390 e. The van der Waals surface area contributed by atoms with Gasteiger partial charge in [-0.15, -0.1) is 0 Å². The minimum atomic E-state index is -0.548. The van der Waals surface area contributed by atoms with Crippen LogP contribution in [0.2, 0.25) is 10.0 Å². The Labute approximate surface area is 124 Å². The lowest BCUT2D eigenvalue weighted by atomic mass is 10.0. The highest BCUT2D eigenvalue weighted by Gasteiger charge is 2.26. The van der Waals surface area contributed by atoms with Crippen LogP contribution >= 0.6 is 23.2 Å². The zero-order chi connectivity index (χ0) is 13.8. The van der Waals surface area contributed by atoms with E-state index in [1.807, 2.05) is 6.07 Å². The summed E-state index contributed by atoms with van der Waals surface area (Å²) in [5.74, 6) is 0. The van der Waals surface area contributed by atoms with Crippen LogP contribution in [0.3, 0.4) is 0 Å². The minimum Gasteiger partial charge on any atom is -0.390 e. The maximum atomic E-state index is 10.3. The van der Waals surface area contributed by atoms with Gasteiger partial charge in [0.15, 0.2) is 0 Å². The van der Waals surface area contributed by atoms with Crippen LogP contribution in [0.25, 0.3) is 0 Å². The minimum absolute atomic E-state index is 0.152. The third-order valence-electron chi connectivity index (χ3n) is 3.50. The van der Waals surface area contributed by atoms with Crippen molar-refractivity contribution in [2.45, 2.75) is 25.6 Å². The highest BCUT2D eigenvalue weighted by atomic mass is 35.5. The van der Waals surface area contributed by atoms with E-state index in [2.05, 4.69) is 11.8 Å². The van der Waals surface area contributed by atoms with Crippen molar-refractivity contribution in [2.24, 2.45) is 0 Å². The molecule has 1 fully saturated rings. The van der Waals surface area contributed by atoms with Gasteiger partial charge in [-0.05, 0) is 24.2 Å². The molecule has 1 heterocycles. The lowest BCUT2D eigenvalue weighted by molar-refractivity contribution is -0.0867. The van der Waals surface area contributed by atoms with E-state index in [1.165, 1.54) is 0 Å². The predicted octanol–water partition coefficient (Wildman–Crippen LogP) is 2.62. The first-order valence-corrected chi connectivity index (χ1v) is 7.31. The number of aliphatic hydroxyl groups excluding tert-OH is 1. The van der Waals surface area contributed by atoms with E-state index in [9.17, 15) is 5.11 Å². The molecule has 5 heteroatoms. The molecule has 0 aliphatic carbocycles. The van der Waals surface area contributed by atoms with Crippen molar-refractivity contribution in [3.63, 3.8) is 0 Å². The number of hydrogen-bond acceptors (Lipinski definition) is 3. The summed E-state index contributed by atoms with van der Waals surface area (Å²) in [4.78, 5) is 2.28. The van der Waals surface area contributed by atoms with E-state index in [0.29, 0.717) is 23.1 Å². The maximum absolute atomic E-state index is 10.3. The topological polar surface area (TPSA) is 32.7 Å². The molecule has 0 saturated carbocycles. The Kier molecular flexibility index (Phi) is 5.48. The van der Waals surface area contributed by atoms with E-state index < -0.39 is 6.10 Å². The molecule has 0 spiro atoms. The van der Waals surface area contributed by atoms with Crippen molar-refractivity contribution in [1.29, 1.82) is 0 Å². The smallest absolute Gasteiger partial charge is 0.0964 e. The number of hydrogen-bond donors (Lipinski definition) is 1. The Morgan fingerprint density at radius 3 is 2.95 bits per heavy atom. The van der Waals surface area contributed by atoms with Crippen LogP contribution < -0.4 is 0 Å². The number of ether oxygens (including phenoxy) is 1. The summed E-state index contributed by atoms with van der Waals surface area (Å²) >= 11 is 12.0. The number of morpholine rings is 1. The van der Waals surface area contributed by atoms with E-state index in [-0.39, 0.29) is 6.10 Å². The van der Waals surface area contributed by atoms with Crippen molar-refractivity contribution >= 4 is 23.2 Å². The van der Waals surface area contributed by atoms with E-state index in [0.717, 1.165) is 25.2 Å². The molecule has 1 aliphatic heterocycles. The average molecular weight is 304 g/mol. The molecule has 1 saturated heterocycles. The number of nitrogens with zero attached hydrogens (tertiary/aromatic N) is 1. The molecule has 1 aliphatic rings. The Hall–Kier alpha value is -0.320. The van der Waals surface area contributed by atoms with Crippen LogP contribution in [-0.4, -0.2) is 48.5 Å². The van der Waals surface area contributed by atoms with Crippen LogP contribution in [0, 0.1) is 0 Å². The van der Waals surface area contributed by atoms with Gasteiger partial charge in [0.1, 0.15) is 0 Å². The third-order valence-corrected chi connectivity index (χ3v) is 4.09. The summed E-state index contributed by atoms with van der Waals surface area (Å²) in [6.45, 7) is 5.47. The van der Waals surface area contributed by atoms with Gasteiger partial charge >= 0.3 is 0 Å². The molecule has 106 valence electrons. The zero-order valence-electron chi connectivity index (χ0n) is 11.0. The van der Waals surface area contributed by atoms with Crippen LogP contribution in [-0.2, 0) is 11.2 Å². The molecule has 0 aromatic heterocycles. The quantitative estimate of drug-likeness (QED) is 0.928. The molecule has 3 nitrogen and oxygen atoms in total. The molecule has 0 bridgehead atoms. The molecule has 19 heavy (non-hydrogen) atoms. The maximum Gasteiger partial charge on any atom is 0.0964 e. The second-order valence-electron chi connectivity index (χ2n) is 4.81. The first-order chi connectivity index (χ1) is 9.10. The van der Waals surface area contributed by atoms with Gasteiger partial charge in [0, 0.05) is 29.6 Å². The van der Waals surface area contributed by atoms with Crippen molar-refractivity contribution in [3.8, 4) is 0 Å². The molecule has 1 N–H and O–H groups in total. The van der Waals surface area contributed by atoms with Crippen molar-refractivity contribution in [1.82, 2.24) is 4.90 Å². The third kappa shape index (κ3) is 4.07. The lowest BCUT2D eigenvalue weighted by Gasteiger charge is -2.34. The second-order valence-corrected chi connectivity index (χ2v) is 5.65. The summed E-state index contributed by atoms with van der Waals surface area (Å²) in [5, 5.41) is 11.5. The molecule has 1 aromatic rings. The van der Waals surface area contributed by atoms with Crippen molar-refractivity contribution in [3.05, 3.63) is 33.8 Å². The summed E-state index contributed by atoms with van der Waals surface area (Å²) in [7, 11) is 0. The van der Waals surface area contributed by atoms with E-state index in [4.69, 9.17) is 27.9 Å². The fraction of sp³-hybridized carbons (Fsp3) is 0.571. The Morgan fingerprint density at radius 1 is 1.47 bits per heavy atom. The van der Waals surface area contributed by atoms with Gasteiger partial charge in [0.25, 0.3) is 0 Å². The predicted molar refractivity (Wildman–Crippen MR) is 78.0 cm³/mol. The number of aliphatic hydroxyl groups is 1. The lowest BCUT2D eigenvalue weighted by Crippen LogP contribution is -2.48. The van der Waals surface area contributed by atoms with Gasteiger partial charge < -0.3 is 9.84 Å². The Bertz CT molecular complexity index is 428. The van der Waals surface area contributed by atoms with Gasteiger partial charge in [0.05, 0.1) is 18.8 Å². The highest BCUT2D eigenvalue weighted by molar-refractivity contribution is 6.35. The summed E-state index contributed by atoms with van der Waals surface area (Å²) in [5.41, 5.74) is 0.899. The highest BCUT2D eigenvalue weighted by Crippen LogP contribution is 2.23. The van der Waals surface area contributed by atoms with Gasteiger partial charge in [0.2, 0.25) is 0 Å². The van der Waals surface area contributed by atoms with Crippen LogP contribution in [0.4, 0.5) is 0 Å². The van der Waals surface area contributed by atoms with Gasteiger partial charge in [-0.2, -0.15) is 0 Å². The summed E-state index contributed by atoms with van der Waals surface area (Å²) < 4.78 is 5.65. The molecule has 2 atom stereocenters. The second kappa shape index (κ2) is 6.91. The van der Waals surface area contributed by atoms with E-state index >= 15 is 0 Å². The fourth-order valence-corrected chi connectivity index (χ4v) is 2.78. The van der Waals surface area contributed by atoms with Crippen LogP contribution in [0.1, 0.15) is 12.5 Å². The number of benzene rings is 1. The first-order valence-electron chi connectivity index (χ1n) is 6.56. The molecule has 0 amide bonds. The molecule has 2 rings (SSSR count). The molecule has 2 unspecified atom stereocenters. The monoisotopic (exact) mass is 303 g/mol. The van der Waals surface area contributed by atoms with Gasteiger partial charge in [-0.1, -0.05) is 36.2 Å². The van der Waals surface area contributed by atoms with Gasteiger partial charge in [-0.3, -0.25) is 4.90 Å². The number of likely N-dealkylation sites (N-methyl/N-ethyl adjacent to an activating group) is 1. The molecular formula is C14H19Cl2NO2. The van der Waals surface area contributed by atoms with Crippen molar-refractivity contribution in [2.75, 3.05) is 26.2 Å². The zero-order valence-corrected chi connectivity index (χ0v) is 12.5. The SMILES string of the molecule is CCN1CCOC(C(O)Cc2ccc(Cl)cc2Cl)C1. The van der Waals surface area contributed by atoms with Gasteiger partial charge in [-0.25, -0.2) is 0 Å². The first kappa shape index (κ1) is 15.1. The van der Waals surface area contributed by atoms with E-state index in [1.54, 1.807) is 12.1 Å². The molecule has 1 aromatic carbocycles. The van der Waals surface area contributed by atoms with Crippen LogP contribution in [0.15, 0.2) is 18.2 Å². The number of halogens is 2. The fourth-order valence-electron chi connectivity index (χ4n) is 2.30. The average Bonchev–Trinajstić information content (AvgIpc) is 2.42. The van der Waals surface area contributed by atoms with Crippen molar-refractivity contribution < 1.29 is 9.84 Å².